The molecule has 2 heterocycles. The lowest BCUT2D eigenvalue weighted by Gasteiger charge is -2.23. The largest absolute Gasteiger partial charge is 0.352 e. The third kappa shape index (κ3) is 3.25. The predicted molar refractivity (Wildman–Crippen MR) is 92.4 cm³/mol. The Labute approximate surface area is 143 Å². The highest BCUT2D eigenvalue weighted by Gasteiger charge is 2.34. The molecule has 7 nitrogen and oxygen atoms in total. The zero-order valence-corrected chi connectivity index (χ0v) is 14.0. The summed E-state index contributed by atoms with van der Waals surface area (Å²) < 4.78 is 8.40. The van der Waals surface area contributed by atoms with Crippen molar-refractivity contribution in [3.63, 3.8) is 0 Å². The molecular formula is C16H19N5O2S. The molecule has 8 heteroatoms. The molecular weight excluding hydrogens is 326 g/mol. The molecule has 0 bridgehead atoms. The molecule has 0 aromatic heterocycles. The highest BCUT2D eigenvalue weighted by atomic mass is 32.1. The number of amides is 2. The Hall–Kier alpha value is -2.06. The topological polar surface area (TPSA) is 86.2 Å². The number of anilines is 1. The number of carbonyl (C=O) groups is 2. The van der Waals surface area contributed by atoms with Gasteiger partial charge in [-0.1, -0.05) is 6.07 Å². The van der Waals surface area contributed by atoms with E-state index in [9.17, 15) is 9.59 Å². The molecule has 2 fully saturated rings. The predicted octanol–water partition coefficient (Wildman–Crippen LogP) is 2.09. The van der Waals surface area contributed by atoms with Crippen LogP contribution in [0.5, 0.6) is 0 Å². The van der Waals surface area contributed by atoms with Crippen molar-refractivity contribution in [3.8, 4) is 0 Å². The average Bonchev–Trinajstić information content (AvgIpc) is 3.06. The van der Waals surface area contributed by atoms with Crippen LogP contribution in [0.1, 0.15) is 25.7 Å². The Bertz CT molecular complexity index is 755. The Kier molecular flexibility index (Phi) is 4.15. The van der Waals surface area contributed by atoms with Gasteiger partial charge in [0.15, 0.2) is 0 Å². The van der Waals surface area contributed by atoms with E-state index in [2.05, 4.69) is 19.4 Å². The van der Waals surface area contributed by atoms with E-state index in [4.69, 9.17) is 0 Å². The number of likely N-dealkylation sites (tertiary alicyclic amines) is 1. The van der Waals surface area contributed by atoms with Gasteiger partial charge in [-0.3, -0.25) is 14.5 Å². The Morgan fingerprint density at radius 2 is 2.12 bits per heavy atom. The van der Waals surface area contributed by atoms with Crippen molar-refractivity contribution in [2.24, 2.45) is 8.73 Å². The quantitative estimate of drug-likeness (QED) is 0.870. The van der Waals surface area contributed by atoms with E-state index in [-0.39, 0.29) is 24.4 Å². The zero-order valence-electron chi connectivity index (χ0n) is 13.2. The molecule has 1 aromatic rings. The van der Waals surface area contributed by atoms with Gasteiger partial charge in [0, 0.05) is 6.04 Å². The van der Waals surface area contributed by atoms with E-state index < -0.39 is 0 Å². The van der Waals surface area contributed by atoms with Crippen LogP contribution in [0.25, 0.3) is 0 Å². The molecule has 2 aliphatic heterocycles. The molecule has 0 radical (unpaired) electrons. The van der Waals surface area contributed by atoms with Gasteiger partial charge in [0.2, 0.25) is 11.8 Å². The van der Waals surface area contributed by atoms with Crippen molar-refractivity contribution in [2.45, 2.75) is 37.8 Å². The highest BCUT2D eigenvalue weighted by Crippen LogP contribution is 2.38. The summed E-state index contributed by atoms with van der Waals surface area (Å²) in [5, 5.41) is 5.94. The van der Waals surface area contributed by atoms with Crippen LogP contribution in [-0.4, -0.2) is 41.9 Å². The molecule has 3 aliphatic rings. The fourth-order valence-corrected chi connectivity index (χ4v) is 3.67. The number of nitrogens with one attached hydrogen (secondary N) is 2. The van der Waals surface area contributed by atoms with Crippen LogP contribution in [-0.2, 0) is 20.9 Å². The molecule has 2 amide bonds. The van der Waals surface area contributed by atoms with Crippen molar-refractivity contribution in [3.05, 3.63) is 18.2 Å². The van der Waals surface area contributed by atoms with Crippen molar-refractivity contribution >= 4 is 40.2 Å². The van der Waals surface area contributed by atoms with Gasteiger partial charge in [-0.2, -0.15) is 8.73 Å². The van der Waals surface area contributed by atoms with Gasteiger partial charge < -0.3 is 10.6 Å². The van der Waals surface area contributed by atoms with Crippen molar-refractivity contribution in [1.82, 2.24) is 10.2 Å². The van der Waals surface area contributed by atoms with Gasteiger partial charge >= 0.3 is 0 Å². The van der Waals surface area contributed by atoms with Crippen LogP contribution in [0.15, 0.2) is 26.9 Å². The molecule has 1 atom stereocenters. The van der Waals surface area contributed by atoms with Crippen LogP contribution >= 0.6 is 0 Å². The maximum atomic E-state index is 12.4. The van der Waals surface area contributed by atoms with E-state index in [0.717, 1.165) is 49.3 Å². The van der Waals surface area contributed by atoms with Gasteiger partial charge in [0.1, 0.15) is 11.4 Å². The van der Waals surface area contributed by atoms with Crippen molar-refractivity contribution in [2.75, 3.05) is 18.4 Å². The standard InChI is InChI=1S/C16H19N5O2S/c22-14(18-11-3-1-4-12-15(11)20-24-19-12)9-21-8-2-5-13(21)16(23)17-10-6-7-10/h1,3-4,10,13H,2,5-9H2,(H,17,23)(H,18,22). The number of hydrogen-bond donors (Lipinski definition) is 2. The molecule has 0 spiro atoms. The fourth-order valence-electron chi connectivity index (χ4n) is 3.12. The van der Waals surface area contributed by atoms with Crippen LogP contribution in [0.3, 0.4) is 0 Å². The minimum Gasteiger partial charge on any atom is -0.352 e. The first-order chi connectivity index (χ1) is 11.7. The van der Waals surface area contributed by atoms with Gasteiger partial charge in [0.25, 0.3) is 0 Å². The summed E-state index contributed by atoms with van der Waals surface area (Å²) in [6.07, 6.45) is 3.91. The Balaban J connectivity index is 1.38. The number of hydrogen-bond acceptors (Lipinski definition) is 5. The molecule has 1 saturated carbocycles. The van der Waals surface area contributed by atoms with Crippen LogP contribution in [0.2, 0.25) is 0 Å². The van der Waals surface area contributed by atoms with Gasteiger partial charge in [-0.05, 0) is 44.4 Å². The lowest BCUT2D eigenvalue weighted by atomic mass is 10.2. The summed E-state index contributed by atoms with van der Waals surface area (Å²) >= 11 is 1.13. The zero-order chi connectivity index (χ0) is 16.5. The number of benzene rings is 1. The highest BCUT2D eigenvalue weighted by molar-refractivity contribution is 7.58. The molecule has 24 heavy (non-hydrogen) atoms. The van der Waals surface area contributed by atoms with E-state index in [1.54, 1.807) is 0 Å². The molecule has 126 valence electrons. The first kappa shape index (κ1) is 15.5. The van der Waals surface area contributed by atoms with Gasteiger partial charge in [-0.15, -0.1) is 0 Å². The normalized spacial score (nSPS) is 22.1. The second kappa shape index (κ2) is 6.45. The SMILES string of the molecule is O=C(CN1CCCC1C(=O)NC1CC1)Nc1cccc2c1N=S=N2. The number of carbonyl (C=O) groups excluding carboxylic acids is 2. The third-order valence-corrected chi connectivity index (χ3v) is 5.04. The first-order valence-electron chi connectivity index (χ1n) is 8.26. The second-order valence-corrected chi connectivity index (χ2v) is 6.93. The number of rotatable bonds is 5. The smallest absolute Gasteiger partial charge is 0.238 e. The molecule has 1 saturated heterocycles. The average molecular weight is 345 g/mol. The lowest BCUT2D eigenvalue weighted by molar-refractivity contribution is -0.126. The van der Waals surface area contributed by atoms with Crippen LogP contribution in [0.4, 0.5) is 17.1 Å². The van der Waals surface area contributed by atoms with Gasteiger partial charge in [-0.25, -0.2) is 0 Å². The number of fused-ring (bicyclic) bond motifs is 1. The van der Waals surface area contributed by atoms with Crippen LogP contribution < -0.4 is 10.6 Å². The second-order valence-electron chi connectivity index (χ2n) is 6.40. The lowest BCUT2D eigenvalue weighted by Crippen LogP contribution is -2.46. The molecule has 2 N–H and O–H groups in total. The maximum absolute atomic E-state index is 12.4. The van der Waals surface area contributed by atoms with E-state index in [1.165, 1.54) is 0 Å². The van der Waals surface area contributed by atoms with Gasteiger partial charge in [0.05, 0.1) is 29.6 Å². The summed E-state index contributed by atoms with van der Waals surface area (Å²) in [6, 6.07) is 5.70. The Morgan fingerprint density at radius 3 is 2.96 bits per heavy atom. The molecule has 1 unspecified atom stereocenters. The van der Waals surface area contributed by atoms with Crippen LogP contribution in [0, 0.1) is 0 Å². The molecule has 1 aromatic carbocycles. The summed E-state index contributed by atoms with van der Waals surface area (Å²) in [4.78, 5) is 26.7. The minimum absolute atomic E-state index is 0.0635. The van der Waals surface area contributed by atoms with Crippen molar-refractivity contribution < 1.29 is 9.59 Å². The summed E-state index contributed by atoms with van der Waals surface area (Å²) in [6.45, 7) is 0.995. The Morgan fingerprint density at radius 1 is 1.25 bits per heavy atom. The molecule has 4 rings (SSSR count). The van der Waals surface area contributed by atoms with E-state index in [1.807, 2.05) is 23.1 Å². The third-order valence-electron chi connectivity index (χ3n) is 4.50. The van der Waals surface area contributed by atoms with E-state index >= 15 is 0 Å². The van der Waals surface area contributed by atoms with Crippen molar-refractivity contribution in [1.29, 1.82) is 0 Å². The summed E-state index contributed by atoms with van der Waals surface area (Å²) in [7, 11) is 0. The minimum atomic E-state index is -0.187. The molecule has 1 aliphatic carbocycles. The number of nitrogens with zero attached hydrogens (tertiary/aromatic N) is 3. The first-order valence-corrected chi connectivity index (χ1v) is 8.99. The monoisotopic (exact) mass is 345 g/mol. The maximum Gasteiger partial charge on any atom is 0.238 e. The summed E-state index contributed by atoms with van der Waals surface area (Å²) in [5.41, 5.74) is 2.16. The summed E-state index contributed by atoms with van der Waals surface area (Å²) in [5.74, 6) is -0.0600. The fraction of sp³-hybridized carbons (Fsp3) is 0.500. The van der Waals surface area contributed by atoms with E-state index in [0.29, 0.717) is 17.4 Å².